The summed E-state index contributed by atoms with van der Waals surface area (Å²) < 4.78 is 45.1. The van der Waals surface area contributed by atoms with E-state index in [1.807, 2.05) is 19.1 Å². The Labute approximate surface area is 246 Å². The summed E-state index contributed by atoms with van der Waals surface area (Å²) in [6.45, 7) is 1.44. The van der Waals surface area contributed by atoms with Crippen LogP contribution in [-0.2, 0) is 48.9 Å². The van der Waals surface area contributed by atoms with Crippen molar-refractivity contribution in [2.75, 3.05) is 26.4 Å². The van der Waals surface area contributed by atoms with Crippen LogP contribution in [0.25, 0.3) is 0 Å². The molecule has 13 heteroatoms. The molecule has 0 saturated carbocycles. The molecule has 2 saturated heterocycles. The van der Waals surface area contributed by atoms with Gasteiger partial charge in [-0.25, -0.2) is 0 Å². The molecule has 0 spiro atoms. The van der Waals surface area contributed by atoms with Crippen molar-refractivity contribution in [3.8, 4) is 0 Å². The summed E-state index contributed by atoms with van der Waals surface area (Å²) in [7, 11) is -4.80. The first kappa shape index (κ1) is 31.6. The van der Waals surface area contributed by atoms with Gasteiger partial charge >= 0.3 is 0 Å². The van der Waals surface area contributed by atoms with Crippen molar-refractivity contribution in [2.45, 2.75) is 43.9 Å². The maximum absolute atomic E-state index is 12.1. The molecule has 1 radical (unpaired) electrons. The minimum absolute atomic E-state index is 0. The first-order valence-corrected chi connectivity index (χ1v) is 9.71. The second-order valence-corrected chi connectivity index (χ2v) is 7.07. The van der Waals surface area contributed by atoms with Crippen LogP contribution in [0.5, 0.6) is 0 Å². The van der Waals surface area contributed by atoms with Gasteiger partial charge in [0.05, 0.1) is 39.5 Å². The molecular formula is C16H25AcO9PUW-2. The Morgan fingerprint density at radius 3 is 2.72 bits per heavy atom. The van der Waals surface area contributed by atoms with Gasteiger partial charge in [0.2, 0.25) is 0 Å². The maximum Gasteiger partial charge on any atom is 0.268 e. The zero-order valence-electron chi connectivity index (χ0n) is 16.9. The Bertz CT molecular complexity index is 577. The van der Waals surface area contributed by atoms with Gasteiger partial charge < -0.3 is 38.4 Å². The number of aliphatic hydroxyl groups is 2. The normalized spacial score (nSPS) is 34.3. The number of ether oxygens (including phenoxy) is 3. The van der Waals surface area contributed by atoms with Gasteiger partial charge in [-0.1, -0.05) is 24.3 Å². The van der Waals surface area contributed by atoms with E-state index in [0.717, 1.165) is 0 Å². The third-order valence-corrected chi connectivity index (χ3v) is 4.73. The van der Waals surface area contributed by atoms with E-state index in [9.17, 15) is 19.7 Å². The molecule has 0 aromatic heterocycles. The fraction of sp³-hybridized carbons (Fsp3) is 0.688. The molecule has 0 aromatic rings. The standard InChI is InChI=1S/C16H26O9P.Ac.U.W/c1-2-3-4-5-7-21-15-10-23-13(9-17)16(15)25-26(19,20)24-11-14-12(18)6-8-22-14;;;/h2-5,10,12-18H,6-9,11H2,1H3,(H,19,20);;;/q-1;;;/p-1/b3-2+,5-4+;;;/t12-,13-,14-,15?,16+;;;/m1.../s1/i8T;;;/t8?,12-,13-,14-,15?,16+;;;. The number of phosphoric acid groups is 1. The third kappa shape index (κ3) is 12.0. The summed E-state index contributed by atoms with van der Waals surface area (Å²) in [5.41, 5.74) is 0. The molecule has 3 unspecified atom stereocenters. The van der Waals surface area contributed by atoms with Crippen molar-refractivity contribution in [2.24, 2.45) is 0 Å². The smallest absolute Gasteiger partial charge is 0.268 e. The van der Waals surface area contributed by atoms with Gasteiger partial charge in [0.1, 0.15) is 6.10 Å². The van der Waals surface area contributed by atoms with E-state index in [4.69, 9.17) is 24.6 Å². The predicted octanol–water partition coefficient (Wildman–Crippen LogP) is 0.0743. The molecular weight excluding hydrogens is 1020 g/mol. The minimum Gasteiger partial charge on any atom is -0.756 e. The molecule has 163 valence electrons. The first-order valence-electron chi connectivity index (χ1n) is 8.83. The number of phosphoric ester groups is 1. The average Bonchev–Trinajstić information content (AvgIpc) is 3.14. The topological polar surface area (TPSA) is 127 Å². The van der Waals surface area contributed by atoms with Gasteiger partial charge in [0.15, 0.2) is 0 Å². The van der Waals surface area contributed by atoms with Gasteiger partial charge in [-0.05, 0) is 19.4 Å². The van der Waals surface area contributed by atoms with Crippen LogP contribution in [0.4, 0.5) is 0 Å². The molecule has 0 amide bonds. The number of aliphatic hydroxyl groups excluding tert-OH is 2. The van der Waals surface area contributed by atoms with Gasteiger partial charge in [-0.2, -0.15) is 6.61 Å². The fourth-order valence-electron chi connectivity index (χ4n) is 2.38. The van der Waals surface area contributed by atoms with Crippen LogP contribution in [0, 0.1) is 81.8 Å². The average molecular weight is 1040 g/mol. The van der Waals surface area contributed by atoms with Gasteiger partial charge in [0, 0.05) is 103 Å². The van der Waals surface area contributed by atoms with Crippen LogP contribution in [0.1, 0.15) is 14.7 Å². The third-order valence-electron chi connectivity index (χ3n) is 3.77. The van der Waals surface area contributed by atoms with Crippen molar-refractivity contribution >= 4 is 7.82 Å². The number of hydrogen-bond acceptors (Lipinski definition) is 9. The number of hydrogen-bond donors (Lipinski definition) is 2. The van der Waals surface area contributed by atoms with E-state index in [1.165, 1.54) is 6.61 Å². The van der Waals surface area contributed by atoms with E-state index < -0.39 is 58.1 Å². The number of rotatable bonds is 10. The Kier molecular flexibility index (Phi) is 19.6. The van der Waals surface area contributed by atoms with E-state index in [0.29, 0.717) is 0 Å². The number of allylic oxidation sites excluding steroid dienone is 3. The summed E-state index contributed by atoms with van der Waals surface area (Å²) in [5, 5.41) is 19.0. The van der Waals surface area contributed by atoms with E-state index in [1.54, 1.807) is 12.2 Å². The van der Waals surface area contributed by atoms with E-state index in [-0.39, 0.29) is 109 Å². The molecule has 2 N–H and O–H groups in total. The predicted molar refractivity (Wildman–Crippen MR) is 88.7 cm³/mol. The van der Waals surface area contributed by atoms with Crippen molar-refractivity contribution in [1.82, 2.24) is 0 Å². The Morgan fingerprint density at radius 2 is 2.14 bits per heavy atom. The second kappa shape index (κ2) is 18.0. The van der Waals surface area contributed by atoms with Crippen molar-refractivity contribution in [1.29, 1.82) is 0 Å². The van der Waals surface area contributed by atoms with Gasteiger partial charge in [-0.3, -0.25) is 4.57 Å². The zero-order valence-corrected chi connectivity index (χ0v) is 28.6. The first-order chi connectivity index (χ1) is 12.9. The molecule has 0 aliphatic carbocycles. The van der Waals surface area contributed by atoms with Crippen LogP contribution in [0.3, 0.4) is 0 Å². The maximum atomic E-state index is 12.1. The molecule has 2 rings (SSSR count). The van der Waals surface area contributed by atoms with Crippen LogP contribution < -0.4 is 4.89 Å². The van der Waals surface area contributed by atoms with Crippen LogP contribution in [-0.4, -0.2) is 67.1 Å². The Hall–Kier alpha value is 2.57. The molecule has 2 aliphatic rings. The second-order valence-electron chi connectivity index (χ2n) is 5.70. The summed E-state index contributed by atoms with van der Waals surface area (Å²) in [5.74, 6) is 0. The molecule has 0 bridgehead atoms. The van der Waals surface area contributed by atoms with Crippen LogP contribution in [0.2, 0.25) is 0 Å². The van der Waals surface area contributed by atoms with Gasteiger partial charge in [-0.15, -0.1) is 0 Å². The molecule has 7 atom stereocenters. The monoisotopic (exact) mass is 1040 g/mol. The Morgan fingerprint density at radius 1 is 1.41 bits per heavy atom. The van der Waals surface area contributed by atoms with E-state index >= 15 is 0 Å². The molecule has 2 aliphatic heterocycles. The summed E-state index contributed by atoms with van der Waals surface area (Å²) in [4.78, 5) is 12.1. The van der Waals surface area contributed by atoms with Crippen molar-refractivity contribution in [3.05, 3.63) is 30.9 Å². The zero-order chi connectivity index (χ0) is 19.9. The molecule has 29 heavy (non-hydrogen) atoms. The van der Waals surface area contributed by atoms with E-state index in [2.05, 4.69) is 0 Å². The molecule has 9 nitrogen and oxygen atoms in total. The largest absolute Gasteiger partial charge is 0.756 e. The van der Waals surface area contributed by atoms with Crippen LogP contribution >= 0.6 is 7.82 Å². The van der Waals surface area contributed by atoms with Crippen LogP contribution in [0.15, 0.2) is 24.3 Å². The SMILES string of the molecule is [3H]C1C[C@@H](O)[C@@H](COP(=O)([O-])O[C@@H]2C(OC/C=C/C=C/C)[CH-]O[C@@H]2CO)O1.[Ac].[U].[W]. The summed E-state index contributed by atoms with van der Waals surface area (Å²) in [6, 6.07) is 0. The minimum atomic E-state index is -4.80. The summed E-state index contributed by atoms with van der Waals surface area (Å²) >= 11 is 0. The quantitative estimate of drug-likeness (QED) is 0.178. The van der Waals surface area contributed by atoms with Crippen molar-refractivity contribution in [3.63, 3.8) is 0 Å². The summed E-state index contributed by atoms with van der Waals surface area (Å²) in [6.07, 6.45) is 2.43. The van der Waals surface area contributed by atoms with Crippen molar-refractivity contribution < 1.29 is 141 Å². The molecule has 2 fully saturated rings. The fourth-order valence-corrected chi connectivity index (χ4v) is 3.32. The Balaban J connectivity index is 0. The molecule has 2 heterocycles. The van der Waals surface area contributed by atoms with Gasteiger partial charge in [0.25, 0.3) is 7.82 Å². The molecule has 0 aromatic carbocycles.